The number of H-pyrrole nitrogens is 1. The van der Waals surface area contributed by atoms with E-state index in [2.05, 4.69) is 20.6 Å². The predicted octanol–water partition coefficient (Wildman–Crippen LogP) is 0.436. The molecule has 2 amide bonds. The van der Waals surface area contributed by atoms with Crippen LogP contribution in [0.4, 0.5) is 0 Å². The lowest BCUT2D eigenvalue weighted by Crippen LogP contribution is -2.53. The third kappa shape index (κ3) is 4.34. The number of fused-ring (bicyclic) bond motifs is 1. The summed E-state index contributed by atoms with van der Waals surface area (Å²) in [4.78, 5) is 43.1. The van der Waals surface area contributed by atoms with Gasteiger partial charge in [-0.15, -0.1) is 0 Å². The van der Waals surface area contributed by atoms with Crippen LogP contribution in [0.15, 0.2) is 17.3 Å². The van der Waals surface area contributed by atoms with Gasteiger partial charge in [0.05, 0.1) is 23.1 Å². The Kier molecular flexibility index (Phi) is 6.60. The second kappa shape index (κ2) is 9.05. The van der Waals surface area contributed by atoms with Crippen molar-refractivity contribution in [2.24, 2.45) is 4.99 Å². The Morgan fingerprint density at radius 2 is 2.03 bits per heavy atom. The molecule has 11 nitrogen and oxygen atoms in total. The first kappa shape index (κ1) is 23.4. The smallest absolute Gasteiger partial charge is 0.328 e. The first-order chi connectivity index (χ1) is 15.0. The molecule has 0 aliphatic carbocycles. The SMILES string of the molecule is Cc1c(Cl)cc2[nH]cc(C3=N[C@@H](C(=O)N[C@H](C)C(=O)N[C@@H](CO)C(=O)O)C(C)O3)c2c1O. The fraction of sp³-hybridized carbons (Fsp3) is 0.400. The highest BCUT2D eigenvalue weighted by Gasteiger charge is 2.36. The molecule has 1 aromatic carbocycles. The topological polar surface area (TPSA) is 173 Å². The van der Waals surface area contributed by atoms with Gasteiger partial charge in [0.2, 0.25) is 17.7 Å². The van der Waals surface area contributed by atoms with Crippen LogP contribution < -0.4 is 10.6 Å². The van der Waals surface area contributed by atoms with Crippen LogP contribution in [0.1, 0.15) is 25.0 Å². The molecule has 172 valence electrons. The van der Waals surface area contributed by atoms with Crippen LogP contribution in [0, 0.1) is 6.92 Å². The van der Waals surface area contributed by atoms with Crippen LogP contribution >= 0.6 is 11.6 Å². The molecule has 0 saturated heterocycles. The lowest BCUT2D eigenvalue weighted by molar-refractivity contribution is -0.143. The number of amides is 2. The number of carboxylic acid groups (broad SMARTS) is 1. The van der Waals surface area contributed by atoms with E-state index in [4.69, 9.17) is 26.6 Å². The lowest BCUT2D eigenvalue weighted by Gasteiger charge is -2.19. The highest BCUT2D eigenvalue weighted by molar-refractivity contribution is 6.32. The van der Waals surface area contributed by atoms with Crippen LogP contribution in [0.5, 0.6) is 5.75 Å². The molecule has 0 spiro atoms. The monoisotopic (exact) mass is 466 g/mol. The number of phenols is 1. The van der Waals surface area contributed by atoms with Crippen molar-refractivity contribution < 1.29 is 34.4 Å². The second-order valence-electron chi connectivity index (χ2n) is 7.47. The maximum Gasteiger partial charge on any atom is 0.328 e. The number of hydrogen-bond donors (Lipinski definition) is 6. The Balaban J connectivity index is 1.78. The van der Waals surface area contributed by atoms with Crippen LogP contribution in [-0.4, -0.2) is 74.8 Å². The van der Waals surface area contributed by atoms with Crippen LogP contribution in [-0.2, 0) is 19.1 Å². The van der Waals surface area contributed by atoms with Crippen LogP contribution in [0.25, 0.3) is 10.9 Å². The average Bonchev–Trinajstić information content (AvgIpc) is 3.33. The third-order valence-electron chi connectivity index (χ3n) is 5.18. The summed E-state index contributed by atoms with van der Waals surface area (Å²) in [6, 6.07) is -1.87. The van der Waals surface area contributed by atoms with Gasteiger partial charge in [-0.1, -0.05) is 11.6 Å². The zero-order valence-electron chi connectivity index (χ0n) is 17.5. The lowest BCUT2D eigenvalue weighted by atomic mass is 10.1. The number of aromatic amines is 1. The molecule has 3 rings (SSSR count). The number of aromatic hydroxyl groups is 1. The van der Waals surface area contributed by atoms with E-state index < -0.39 is 48.6 Å². The average molecular weight is 467 g/mol. The van der Waals surface area contributed by atoms with E-state index in [1.807, 2.05) is 0 Å². The summed E-state index contributed by atoms with van der Waals surface area (Å²) >= 11 is 6.11. The number of hydrogen-bond acceptors (Lipinski definition) is 7. The van der Waals surface area contributed by atoms with Crippen molar-refractivity contribution in [2.75, 3.05) is 6.61 Å². The quantitative estimate of drug-likeness (QED) is 0.343. The Bertz CT molecular complexity index is 1110. The molecule has 0 radical (unpaired) electrons. The minimum Gasteiger partial charge on any atom is -0.507 e. The molecular weight excluding hydrogens is 444 g/mol. The third-order valence-corrected chi connectivity index (χ3v) is 5.57. The number of ether oxygens (including phenoxy) is 1. The number of carbonyl (C=O) groups excluding carboxylic acids is 2. The van der Waals surface area contributed by atoms with Gasteiger partial charge in [0.15, 0.2) is 6.04 Å². The zero-order chi connectivity index (χ0) is 23.7. The highest BCUT2D eigenvalue weighted by Crippen LogP contribution is 2.37. The standard InChI is InChI=1S/C20H23ClN4O7/c1-7-11(21)4-12-14(16(7)27)10(5-22-12)19-25-15(9(3)32-19)18(29)23-8(2)17(28)24-13(6-26)20(30)31/h4-5,8-9,13,15,22,26-27H,6H2,1-3H3,(H,23,29)(H,24,28)(H,30,31)/t8-,9?,13+,15-/m1/s1. The molecule has 12 heteroatoms. The summed E-state index contributed by atoms with van der Waals surface area (Å²) < 4.78 is 5.74. The minimum absolute atomic E-state index is 0.0298. The van der Waals surface area contributed by atoms with Crippen molar-refractivity contribution >= 4 is 46.2 Å². The van der Waals surface area contributed by atoms with Crippen molar-refractivity contribution in [1.29, 1.82) is 0 Å². The van der Waals surface area contributed by atoms with E-state index in [1.54, 1.807) is 26.1 Å². The minimum atomic E-state index is -1.48. The fourth-order valence-corrected chi connectivity index (χ4v) is 3.46. The van der Waals surface area contributed by atoms with Crippen molar-refractivity contribution in [1.82, 2.24) is 15.6 Å². The van der Waals surface area contributed by atoms with Crippen molar-refractivity contribution in [2.45, 2.75) is 45.0 Å². The molecule has 32 heavy (non-hydrogen) atoms. The number of aliphatic hydroxyl groups excluding tert-OH is 1. The van der Waals surface area contributed by atoms with Crippen molar-refractivity contribution in [3.63, 3.8) is 0 Å². The summed E-state index contributed by atoms with van der Waals surface area (Å²) in [5.74, 6) is -2.66. The molecule has 1 aromatic heterocycles. The van der Waals surface area contributed by atoms with E-state index in [-0.39, 0.29) is 11.6 Å². The Morgan fingerprint density at radius 1 is 1.34 bits per heavy atom. The van der Waals surface area contributed by atoms with E-state index in [0.717, 1.165) is 0 Å². The maximum atomic E-state index is 12.7. The number of aromatic nitrogens is 1. The molecule has 1 aliphatic heterocycles. The number of phenolic OH excluding ortho intramolecular Hbond substituents is 1. The van der Waals surface area contributed by atoms with Gasteiger partial charge in [0.1, 0.15) is 23.9 Å². The zero-order valence-corrected chi connectivity index (χ0v) is 18.2. The number of aliphatic hydroxyl groups is 1. The fourth-order valence-electron chi connectivity index (χ4n) is 3.27. The Morgan fingerprint density at radius 3 is 2.66 bits per heavy atom. The molecule has 0 bridgehead atoms. The molecule has 0 fully saturated rings. The van der Waals surface area contributed by atoms with Gasteiger partial charge in [0, 0.05) is 16.8 Å². The predicted molar refractivity (Wildman–Crippen MR) is 115 cm³/mol. The Hall–Kier alpha value is -3.31. The van der Waals surface area contributed by atoms with E-state index in [9.17, 15) is 19.5 Å². The molecule has 1 aliphatic rings. The molecular formula is C20H23ClN4O7. The van der Waals surface area contributed by atoms with E-state index >= 15 is 0 Å². The van der Waals surface area contributed by atoms with Gasteiger partial charge >= 0.3 is 5.97 Å². The van der Waals surface area contributed by atoms with Gasteiger partial charge in [-0.2, -0.15) is 0 Å². The molecule has 2 heterocycles. The number of carboxylic acids is 1. The van der Waals surface area contributed by atoms with E-state index in [1.165, 1.54) is 6.92 Å². The summed E-state index contributed by atoms with van der Waals surface area (Å²) in [6.45, 7) is 3.89. The normalized spacial score (nSPS) is 19.7. The number of aliphatic imine (C=N–C) groups is 1. The number of benzene rings is 1. The highest BCUT2D eigenvalue weighted by atomic mass is 35.5. The number of carbonyl (C=O) groups is 3. The van der Waals surface area contributed by atoms with E-state index in [0.29, 0.717) is 27.1 Å². The largest absolute Gasteiger partial charge is 0.507 e. The maximum absolute atomic E-state index is 12.7. The number of nitrogens with zero attached hydrogens (tertiary/aromatic N) is 1. The Labute approximate surface area is 187 Å². The van der Waals surface area contributed by atoms with Gasteiger partial charge in [-0.25, -0.2) is 9.79 Å². The number of halogens is 1. The molecule has 2 aromatic rings. The summed E-state index contributed by atoms with van der Waals surface area (Å²) in [5, 5.41) is 33.9. The number of nitrogens with one attached hydrogen (secondary N) is 3. The number of rotatable bonds is 7. The van der Waals surface area contributed by atoms with Crippen molar-refractivity contribution in [3.05, 3.63) is 28.4 Å². The van der Waals surface area contributed by atoms with Gasteiger partial charge < -0.3 is 35.7 Å². The van der Waals surface area contributed by atoms with Crippen LogP contribution in [0.3, 0.4) is 0 Å². The van der Waals surface area contributed by atoms with Crippen molar-refractivity contribution in [3.8, 4) is 5.75 Å². The van der Waals surface area contributed by atoms with Gasteiger partial charge in [0.25, 0.3) is 0 Å². The summed E-state index contributed by atoms with van der Waals surface area (Å²) in [5.41, 5.74) is 1.52. The van der Waals surface area contributed by atoms with Gasteiger partial charge in [-0.05, 0) is 26.8 Å². The number of aliphatic carboxylic acids is 1. The summed E-state index contributed by atoms with van der Waals surface area (Å²) in [7, 11) is 0. The van der Waals surface area contributed by atoms with Crippen LogP contribution in [0.2, 0.25) is 5.02 Å². The van der Waals surface area contributed by atoms with Gasteiger partial charge in [-0.3, -0.25) is 9.59 Å². The molecule has 1 unspecified atom stereocenters. The molecule has 4 atom stereocenters. The molecule has 6 N–H and O–H groups in total. The summed E-state index contributed by atoms with van der Waals surface area (Å²) in [6.07, 6.45) is 0.924. The first-order valence-electron chi connectivity index (χ1n) is 9.73. The first-order valence-corrected chi connectivity index (χ1v) is 10.1. The second-order valence-corrected chi connectivity index (χ2v) is 7.88. The molecule has 0 saturated carbocycles.